The van der Waals surface area contributed by atoms with Gasteiger partial charge in [-0.1, -0.05) is 19.9 Å². The highest BCUT2D eigenvalue weighted by atomic mass is 16.1. The molecule has 1 nitrogen and oxygen atoms in total. The van der Waals surface area contributed by atoms with E-state index in [2.05, 4.69) is 13.0 Å². The molecule has 2 aliphatic rings. The molecule has 0 radical (unpaired) electrons. The van der Waals surface area contributed by atoms with E-state index in [-0.39, 0.29) is 5.92 Å². The molecule has 0 N–H and O–H groups in total. The molecule has 0 saturated heterocycles. The lowest BCUT2D eigenvalue weighted by Gasteiger charge is -2.31. The summed E-state index contributed by atoms with van der Waals surface area (Å²) < 4.78 is 0. The normalized spacial score (nSPS) is 32.8. The van der Waals surface area contributed by atoms with Crippen LogP contribution in [0, 0.1) is 11.8 Å². The zero-order chi connectivity index (χ0) is 10.3. The van der Waals surface area contributed by atoms with Crippen molar-refractivity contribution in [2.75, 3.05) is 0 Å². The molecule has 1 heteroatoms. The second-order valence-corrected chi connectivity index (χ2v) is 4.72. The molecular weight excluding hydrogens is 172 g/mol. The van der Waals surface area contributed by atoms with E-state index in [0.717, 1.165) is 12.0 Å². The summed E-state index contributed by atoms with van der Waals surface area (Å²) in [6, 6.07) is 0. The van der Waals surface area contributed by atoms with Gasteiger partial charge in [-0.2, -0.15) is 0 Å². The quantitative estimate of drug-likeness (QED) is 0.573. The van der Waals surface area contributed by atoms with E-state index in [4.69, 9.17) is 0 Å². The maximum Gasteiger partial charge on any atom is 0.161 e. The van der Waals surface area contributed by atoms with Crippen molar-refractivity contribution in [3.63, 3.8) is 0 Å². The number of carbonyl (C=O) groups excluding carboxylic acids is 1. The van der Waals surface area contributed by atoms with Gasteiger partial charge in [-0.25, -0.2) is 0 Å². The summed E-state index contributed by atoms with van der Waals surface area (Å²) in [7, 11) is 0. The Morgan fingerprint density at radius 3 is 2.71 bits per heavy atom. The first kappa shape index (κ1) is 9.70. The van der Waals surface area contributed by atoms with Gasteiger partial charge in [-0.05, 0) is 48.8 Å². The van der Waals surface area contributed by atoms with E-state index in [1.165, 1.54) is 24.0 Å². The molecule has 0 heterocycles. The van der Waals surface area contributed by atoms with E-state index in [1.807, 2.05) is 13.8 Å². The van der Waals surface area contributed by atoms with Gasteiger partial charge in [0.05, 0.1) is 0 Å². The van der Waals surface area contributed by atoms with Crippen LogP contribution < -0.4 is 0 Å². The highest BCUT2D eigenvalue weighted by Gasteiger charge is 2.30. The molecule has 0 bridgehead atoms. The van der Waals surface area contributed by atoms with Gasteiger partial charge in [-0.15, -0.1) is 0 Å². The molecule has 0 aromatic carbocycles. The molecule has 0 aliphatic heterocycles. The van der Waals surface area contributed by atoms with E-state index in [1.54, 1.807) is 0 Å². The molecule has 0 amide bonds. The lowest BCUT2D eigenvalue weighted by Crippen LogP contribution is -2.24. The lowest BCUT2D eigenvalue weighted by atomic mass is 9.72. The summed E-state index contributed by atoms with van der Waals surface area (Å²) in [5, 5.41) is 0. The average molecular weight is 190 g/mol. The standard InChI is InChI=1S/C13H18O/c1-8-5-4-6-11-7-9(2)13(14)10(3)12(8)11/h6,8-9H,4-5,7H2,1-3H3. The third-order valence-corrected chi connectivity index (χ3v) is 3.58. The minimum atomic E-state index is 0.204. The zero-order valence-electron chi connectivity index (χ0n) is 9.26. The van der Waals surface area contributed by atoms with Crippen molar-refractivity contribution < 1.29 is 4.79 Å². The van der Waals surface area contributed by atoms with Crippen LogP contribution in [0.3, 0.4) is 0 Å². The third kappa shape index (κ3) is 1.35. The smallest absolute Gasteiger partial charge is 0.161 e. The first-order valence-corrected chi connectivity index (χ1v) is 5.55. The summed E-state index contributed by atoms with van der Waals surface area (Å²) in [6.07, 6.45) is 5.70. The minimum Gasteiger partial charge on any atom is -0.294 e. The van der Waals surface area contributed by atoms with E-state index < -0.39 is 0 Å². The highest BCUT2D eigenvalue weighted by molar-refractivity contribution is 5.99. The van der Waals surface area contributed by atoms with Crippen LogP contribution in [0.25, 0.3) is 0 Å². The Morgan fingerprint density at radius 2 is 2.00 bits per heavy atom. The first-order chi connectivity index (χ1) is 6.61. The predicted molar refractivity (Wildman–Crippen MR) is 58.0 cm³/mol. The van der Waals surface area contributed by atoms with Crippen LogP contribution in [0.5, 0.6) is 0 Å². The van der Waals surface area contributed by atoms with Gasteiger partial charge in [0.15, 0.2) is 5.78 Å². The fourth-order valence-electron chi connectivity index (χ4n) is 2.81. The summed E-state index contributed by atoms with van der Waals surface area (Å²) >= 11 is 0. The second kappa shape index (κ2) is 3.38. The Hall–Kier alpha value is -0.850. The average Bonchev–Trinajstić information content (AvgIpc) is 2.14. The second-order valence-electron chi connectivity index (χ2n) is 4.72. The maximum atomic E-state index is 11.8. The number of fused-ring (bicyclic) bond motifs is 1. The lowest BCUT2D eigenvalue weighted by molar-refractivity contribution is -0.119. The molecule has 0 aromatic heterocycles. The number of hydrogen-bond acceptors (Lipinski definition) is 1. The molecular formula is C13H18O. The third-order valence-electron chi connectivity index (χ3n) is 3.58. The number of hydrogen-bond donors (Lipinski definition) is 0. The van der Waals surface area contributed by atoms with Crippen molar-refractivity contribution in [2.24, 2.45) is 11.8 Å². The van der Waals surface area contributed by atoms with E-state index in [0.29, 0.717) is 11.7 Å². The number of carbonyl (C=O) groups is 1. The Labute approximate surface area is 85.9 Å². The van der Waals surface area contributed by atoms with Gasteiger partial charge >= 0.3 is 0 Å². The van der Waals surface area contributed by atoms with Gasteiger partial charge in [-0.3, -0.25) is 4.79 Å². The largest absolute Gasteiger partial charge is 0.294 e. The van der Waals surface area contributed by atoms with Gasteiger partial charge in [0.1, 0.15) is 0 Å². The van der Waals surface area contributed by atoms with Gasteiger partial charge in [0.2, 0.25) is 0 Å². The molecule has 0 aromatic rings. The Bertz CT molecular complexity index is 333. The maximum absolute atomic E-state index is 11.8. The minimum absolute atomic E-state index is 0.204. The van der Waals surface area contributed by atoms with Crippen molar-refractivity contribution in [3.05, 3.63) is 22.8 Å². The van der Waals surface area contributed by atoms with Crippen LogP contribution in [0.4, 0.5) is 0 Å². The number of Topliss-reactive ketones (excluding diaryl/α,β-unsaturated/α-hetero) is 1. The number of rotatable bonds is 0. The van der Waals surface area contributed by atoms with Crippen molar-refractivity contribution in [1.82, 2.24) is 0 Å². The van der Waals surface area contributed by atoms with Crippen LogP contribution >= 0.6 is 0 Å². The predicted octanol–water partition coefficient (Wildman–Crippen LogP) is 3.27. The van der Waals surface area contributed by atoms with Crippen LogP contribution in [-0.2, 0) is 4.79 Å². The number of allylic oxidation sites excluding steroid dienone is 4. The van der Waals surface area contributed by atoms with Crippen molar-refractivity contribution in [2.45, 2.75) is 40.0 Å². The summed E-state index contributed by atoms with van der Waals surface area (Å²) in [6.45, 7) is 6.29. The molecule has 14 heavy (non-hydrogen) atoms. The topological polar surface area (TPSA) is 17.1 Å². The van der Waals surface area contributed by atoms with Gasteiger partial charge in [0, 0.05) is 5.92 Å². The Morgan fingerprint density at radius 1 is 1.29 bits per heavy atom. The highest BCUT2D eigenvalue weighted by Crippen LogP contribution is 2.39. The monoisotopic (exact) mass is 190 g/mol. The molecule has 2 atom stereocenters. The van der Waals surface area contributed by atoms with Crippen LogP contribution in [0.1, 0.15) is 40.0 Å². The van der Waals surface area contributed by atoms with E-state index >= 15 is 0 Å². The SMILES string of the molecule is CC1=C2C(=CCCC2C)CC(C)C1=O. The van der Waals surface area contributed by atoms with Crippen molar-refractivity contribution in [1.29, 1.82) is 0 Å². The van der Waals surface area contributed by atoms with Crippen LogP contribution in [-0.4, -0.2) is 5.78 Å². The molecule has 2 unspecified atom stereocenters. The van der Waals surface area contributed by atoms with E-state index in [9.17, 15) is 4.79 Å². The summed E-state index contributed by atoms with van der Waals surface area (Å²) in [5.74, 6) is 1.16. The Kier molecular flexibility index (Phi) is 2.34. The fourth-order valence-corrected chi connectivity index (χ4v) is 2.81. The van der Waals surface area contributed by atoms with Gasteiger partial charge < -0.3 is 0 Å². The first-order valence-electron chi connectivity index (χ1n) is 5.55. The van der Waals surface area contributed by atoms with Gasteiger partial charge in [0.25, 0.3) is 0 Å². The molecule has 0 spiro atoms. The molecule has 2 rings (SSSR count). The van der Waals surface area contributed by atoms with Crippen molar-refractivity contribution in [3.8, 4) is 0 Å². The Balaban J connectivity index is 2.49. The summed E-state index contributed by atoms with van der Waals surface area (Å²) in [4.78, 5) is 11.8. The number of ketones is 1. The molecule has 0 saturated carbocycles. The van der Waals surface area contributed by atoms with Crippen LogP contribution in [0.2, 0.25) is 0 Å². The molecule has 2 aliphatic carbocycles. The fraction of sp³-hybridized carbons (Fsp3) is 0.615. The van der Waals surface area contributed by atoms with Crippen LogP contribution in [0.15, 0.2) is 22.8 Å². The summed E-state index contributed by atoms with van der Waals surface area (Å²) in [5.41, 5.74) is 3.84. The van der Waals surface area contributed by atoms with Crippen molar-refractivity contribution >= 4 is 5.78 Å². The zero-order valence-corrected chi connectivity index (χ0v) is 9.26. The molecule has 0 fully saturated rings. The molecule has 76 valence electrons.